The molecule has 0 heterocycles. The third-order valence-corrected chi connectivity index (χ3v) is 4.72. The van der Waals surface area contributed by atoms with Crippen LogP contribution in [0.25, 0.3) is 0 Å². The Kier molecular flexibility index (Phi) is 1.48. The zero-order chi connectivity index (χ0) is 11.2. The Bertz CT molecular complexity index is 327. The quantitative estimate of drug-likeness (QED) is 0.470. The summed E-state index contributed by atoms with van der Waals surface area (Å²) >= 11 is 2.17. The number of allylic oxidation sites excluding steroid dienone is 2. The Morgan fingerprint density at radius 1 is 0.929 bits per heavy atom. The highest BCUT2D eigenvalue weighted by Crippen LogP contribution is 2.83. The van der Waals surface area contributed by atoms with Gasteiger partial charge in [-0.15, -0.1) is 0 Å². The molecule has 0 aromatic rings. The van der Waals surface area contributed by atoms with Crippen LogP contribution in [-0.4, -0.2) is 16.2 Å². The van der Waals surface area contributed by atoms with Crippen molar-refractivity contribution in [3.8, 4) is 0 Å². The molecule has 2 aliphatic carbocycles. The molecule has 0 spiro atoms. The Labute approximate surface area is 83.1 Å². The third kappa shape index (κ3) is 0.513. The van der Waals surface area contributed by atoms with Crippen LogP contribution in [0.3, 0.4) is 0 Å². The molecule has 0 radical (unpaired) electrons. The Morgan fingerprint density at radius 3 is 1.71 bits per heavy atom. The second-order valence-corrected chi connectivity index (χ2v) is 4.75. The highest BCUT2D eigenvalue weighted by Gasteiger charge is 3.00. The van der Waals surface area contributed by atoms with Crippen LogP contribution in [-0.2, 0) is 0 Å². The zero-order valence-corrected chi connectivity index (χ0v) is 8.23. The van der Waals surface area contributed by atoms with E-state index in [0.29, 0.717) is 6.92 Å². The standard InChI is InChI=1S/C7H3BrF6/c1-4-2(9)3(10)5(4,8)7(13,14)6(4,11)12/h1H3. The maximum Gasteiger partial charge on any atom is 0.333 e. The minimum Gasteiger partial charge on any atom is -0.208 e. The highest BCUT2D eigenvalue weighted by atomic mass is 79.9. The largest absolute Gasteiger partial charge is 0.333 e. The molecule has 0 saturated heterocycles. The van der Waals surface area contributed by atoms with E-state index in [1.807, 2.05) is 0 Å². The first-order valence-electron chi connectivity index (χ1n) is 3.57. The summed E-state index contributed by atoms with van der Waals surface area (Å²) < 4.78 is 73.9. The Morgan fingerprint density at radius 2 is 1.36 bits per heavy atom. The SMILES string of the molecule is CC12C(F)=C(F)C1(Br)C(F)(F)C2(F)F. The third-order valence-electron chi connectivity index (χ3n) is 3.08. The van der Waals surface area contributed by atoms with Gasteiger partial charge in [0, 0.05) is 0 Å². The highest BCUT2D eigenvalue weighted by molar-refractivity contribution is 9.10. The molecule has 14 heavy (non-hydrogen) atoms. The summed E-state index contributed by atoms with van der Waals surface area (Å²) in [7, 11) is 0. The molecule has 0 nitrogen and oxygen atoms in total. The van der Waals surface area contributed by atoms with Crippen LogP contribution in [0.5, 0.6) is 0 Å². The number of alkyl halides is 5. The number of hydrogen-bond acceptors (Lipinski definition) is 0. The van der Waals surface area contributed by atoms with Crippen LogP contribution in [0.1, 0.15) is 6.92 Å². The number of rotatable bonds is 0. The van der Waals surface area contributed by atoms with Crippen LogP contribution < -0.4 is 0 Å². The lowest BCUT2D eigenvalue weighted by Gasteiger charge is -2.67. The lowest BCUT2D eigenvalue weighted by atomic mass is 9.47. The monoisotopic (exact) mass is 280 g/mol. The van der Waals surface area contributed by atoms with Crippen LogP contribution >= 0.6 is 15.9 Å². The summed E-state index contributed by atoms with van der Waals surface area (Å²) in [6, 6.07) is 0. The predicted octanol–water partition coefficient (Wildman–Crippen LogP) is 3.57. The fourth-order valence-electron chi connectivity index (χ4n) is 1.95. The van der Waals surface area contributed by atoms with Gasteiger partial charge in [-0.1, -0.05) is 15.9 Å². The number of hydrogen-bond donors (Lipinski definition) is 0. The number of halogens is 7. The Hall–Kier alpha value is -0.200. The molecule has 0 aliphatic heterocycles. The van der Waals surface area contributed by atoms with Gasteiger partial charge in [0.05, 0.1) is 0 Å². The van der Waals surface area contributed by atoms with Gasteiger partial charge in [-0.05, 0) is 6.92 Å². The molecule has 1 fully saturated rings. The molecule has 0 bridgehead atoms. The molecular weight excluding hydrogens is 278 g/mol. The minimum atomic E-state index is -4.60. The van der Waals surface area contributed by atoms with E-state index in [-0.39, 0.29) is 0 Å². The van der Waals surface area contributed by atoms with E-state index in [0.717, 1.165) is 0 Å². The first-order valence-corrected chi connectivity index (χ1v) is 4.37. The van der Waals surface area contributed by atoms with E-state index in [4.69, 9.17) is 0 Å². The van der Waals surface area contributed by atoms with Crippen molar-refractivity contribution in [2.24, 2.45) is 5.41 Å². The van der Waals surface area contributed by atoms with Crippen LogP contribution in [0, 0.1) is 5.41 Å². The van der Waals surface area contributed by atoms with E-state index in [1.54, 1.807) is 0 Å². The van der Waals surface area contributed by atoms with Gasteiger partial charge in [0.25, 0.3) is 0 Å². The van der Waals surface area contributed by atoms with Gasteiger partial charge >= 0.3 is 11.8 Å². The molecule has 7 heteroatoms. The molecule has 80 valence electrons. The number of fused-ring (bicyclic) bond motifs is 1. The molecule has 2 rings (SSSR count). The lowest BCUT2D eigenvalue weighted by Crippen LogP contribution is -2.86. The van der Waals surface area contributed by atoms with Crippen LogP contribution in [0.4, 0.5) is 26.3 Å². The second kappa shape index (κ2) is 2.01. The van der Waals surface area contributed by atoms with Gasteiger partial charge in [0.2, 0.25) is 0 Å². The molecule has 2 aliphatic rings. The first kappa shape index (κ1) is 10.3. The molecule has 2 unspecified atom stereocenters. The van der Waals surface area contributed by atoms with E-state index >= 15 is 0 Å². The van der Waals surface area contributed by atoms with Crippen molar-refractivity contribution < 1.29 is 26.3 Å². The van der Waals surface area contributed by atoms with Gasteiger partial charge in [-0.3, -0.25) is 0 Å². The zero-order valence-electron chi connectivity index (χ0n) is 6.65. The van der Waals surface area contributed by atoms with E-state index in [9.17, 15) is 26.3 Å². The maximum absolute atomic E-state index is 12.8. The fraction of sp³-hybridized carbons (Fsp3) is 0.714. The van der Waals surface area contributed by atoms with Crippen molar-refractivity contribution in [3.63, 3.8) is 0 Å². The summed E-state index contributed by atoms with van der Waals surface area (Å²) in [6.07, 6.45) is 0. The fourth-order valence-corrected chi connectivity index (χ4v) is 2.80. The summed E-state index contributed by atoms with van der Waals surface area (Å²) in [5, 5.41) is 0. The van der Waals surface area contributed by atoms with E-state index < -0.39 is 33.2 Å². The average Bonchev–Trinajstić information content (AvgIpc) is 2.11. The normalized spacial score (nSPS) is 48.0. The summed E-state index contributed by atoms with van der Waals surface area (Å²) in [6.45, 7) is 0.567. The van der Waals surface area contributed by atoms with Gasteiger partial charge < -0.3 is 0 Å². The molecular formula is C7H3BrF6. The maximum atomic E-state index is 12.8. The molecule has 2 atom stereocenters. The van der Waals surface area contributed by atoms with Crippen LogP contribution in [0.15, 0.2) is 11.7 Å². The van der Waals surface area contributed by atoms with Crippen molar-refractivity contribution >= 4 is 15.9 Å². The Balaban J connectivity index is 2.65. The lowest BCUT2D eigenvalue weighted by molar-refractivity contribution is -0.376. The van der Waals surface area contributed by atoms with Crippen molar-refractivity contribution in [1.29, 1.82) is 0 Å². The van der Waals surface area contributed by atoms with Crippen molar-refractivity contribution in [2.45, 2.75) is 23.1 Å². The van der Waals surface area contributed by atoms with Gasteiger partial charge in [-0.25, -0.2) is 8.78 Å². The topological polar surface area (TPSA) is 0 Å². The van der Waals surface area contributed by atoms with Crippen molar-refractivity contribution in [2.75, 3.05) is 0 Å². The molecule has 0 amide bonds. The van der Waals surface area contributed by atoms with Gasteiger partial charge in [0.1, 0.15) is 11.2 Å². The van der Waals surface area contributed by atoms with Crippen molar-refractivity contribution in [1.82, 2.24) is 0 Å². The molecule has 0 aromatic carbocycles. The molecule has 1 saturated carbocycles. The second-order valence-electron chi connectivity index (χ2n) is 3.56. The molecule has 0 aromatic heterocycles. The smallest absolute Gasteiger partial charge is 0.208 e. The summed E-state index contributed by atoms with van der Waals surface area (Å²) in [4.78, 5) is 0. The van der Waals surface area contributed by atoms with E-state index in [2.05, 4.69) is 15.9 Å². The van der Waals surface area contributed by atoms with Gasteiger partial charge in [0.15, 0.2) is 10.2 Å². The predicted molar refractivity (Wildman–Crippen MR) is 38.9 cm³/mol. The van der Waals surface area contributed by atoms with Crippen LogP contribution in [0.2, 0.25) is 0 Å². The van der Waals surface area contributed by atoms with Gasteiger partial charge in [-0.2, -0.15) is 17.6 Å². The first-order chi connectivity index (χ1) is 6.07. The average molecular weight is 281 g/mol. The summed E-state index contributed by atoms with van der Waals surface area (Å²) in [5.41, 5.74) is -2.77. The summed E-state index contributed by atoms with van der Waals surface area (Å²) in [5.74, 6) is -12.8. The van der Waals surface area contributed by atoms with E-state index in [1.165, 1.54) is 0 Å². The van der Waals surface area contributed by atoms with Crippen molar-refractivity contribution in [3.05, 3.63) is 11.7 Å². The minimum absolute atomic E-state index is 0.567. The molecule has 0 N–H and O–H groups in total.